The molecule has 1 aromatic carbocycles. The molecule has 0 amide bonds. The minimum Gasteiger partial charge on any atom is -0.376 e. The van der Waals surface area contributed by atoms with Crippen molar-refractivity contribution in [3.63, 3.8) is 0 Å². The third-order valence-electron chi connectivity index (χ3n) is 5.58. The molecule has 0 N–H and O–H groups in total. The molecule has 0 unspecified atom stereocenters. The van der Waals surface area contributed by atoms with Gasteiger partial charge in [-0.25, -0.2) is 0 Å². The number of methoxy groups -OCH3 is 1. The topological polar surface area (TPSA) is 9.23 Å². The summed E-state index contributed by atoms with van der Waals surface area (Å²) in [4.78, 5) is 0. The van der Waals surface area contributed by atoms with Crippen LogP contribution in [0.5, 0.6) is 0 Å². The lowest BCUT2D eigenvalue weighted by Gasteiger charge is -2.41. The number of rotatable bonds is 1. The van der Waals surface area contributed by atoms with Crippen molar-refractivity contribution >= 4 is 0 Å². The zero-order chi connectivity index (χ0) is 11.4. The SMILES string of the molecule is CO[C@H]1c2ccccc2C[C@@H]2[C@H]3CC[C@H](C3)[C@@H]21. The van der Waals surface area contributed by atoms with E-state index in [1.54, 1.807) is 5.56 Å². The average molecular weight is 228 g/mol. The van der Waals surface area contributed by atoms with Gasteiger partial charge >= 0.3 is 0 Å². The Hall–Kier alpha value is -0.820. The maximum Gasteiger partial charge on any atom is 0.0857 e. The van der Waals surface area contributed by atoms with Gasteiger partial charge in [-0.3, -0.25) is 0 Å². The van der Waals surface area contributed by atoms with Gasteiger partial charge in [0.15, 0.2) is 0 Å². The van der Waals surface area contributed by atoms with E-state index in [2.05, 4.69) is 24.3 Å². The van der Waals surface area contributed by atoms with Crippen molar-refractivity contribution in [1.29, 1.82) is 0 Å². The number of ether oxygens (including phenoxy) is 1. The van der Waals surface area contributed by atoms with Crippen molar-refractivity contribution in [3.05, 3.63) is 35.4 Å². The molecule has 17 heavy (non-hydrogen) atoms. The Bertz CT molecular complexity index is 439. The van der Waals surface area contributed by atoms with E-state index in [1.807, 2.05) is 7.11 Å². The van der Waals surface area contributed by atoms with Crippen molar-refractivity contribution < 1.29 is 4.74 Å². The van der Waals surface area contributed by atoms with Crippen molar-refractivity contribution in [2.45, 2.75) is 31.8 Å². The first-order chi connectivity index (χ1) is 8.38. The fourth-order valence-electron chi connectivity index (χ4n) is 4.97. The molecule has 0 heterocycles. The van der Waals surface area contributed by atoms with Crippen molar-refractivity contribution in [2.24, 2.45) is 23.7 Å². The van der Waals surface area contributed by atoms with Crippen LogP contribution in [0.3, 0.4) is 0 Å². The molecule has 0 spiro atoms. The summed E-state index contributed by atoms with van der Waals surface area (Å²) in [6, 6.07) is 8.94. The van der Waals surface area contributed by atoms with Crippen LogP contribution in [0.2, 0.25) is 0 Å². The highest BCUT2D eigenvalue weighted by Crippen LogP contribution is 2.60. The smallest absolute Gasteiger partial charge is 0.0857 e. The van der Waals surface area contributed by atoms with Gasteiger partial charge in [-0.1, -0.05) is 24.3 Å². The zero-order valence-electron chi connectivity index (χ0n) is 10.4. The Kier molecular flexibility index (Phi) is 2.14. The molecule has 1 aromatic rings. The van der Waals surface area contributed by atoms with Gasteiger partial charge in [-0.15, -0.1) is 0 Å². The minimum atomic E-state index is 0.375. The molecule has 1 nitrogen and oxygen atoms in total. The van der Waals surface area contributed by atoms with Gasteiger partial charge in [0, 0.05) is 7.11 Å². The molecule has 0 radical (unpaired) electrons. The summed E-state index contributed by atoms with van der Waals surface area (Å²) in [7, 11) is 1.90. The highest BCUT2D eigenvalue weighted by atomic mass is 16.5. The van der Waals surface area contributed by atoms with Gasteiger partial charge < -0.3 is 4.74 Å². The largest absolute Gasteiger partial charge is 0.376 e. The lowest BCUT2D eigenvalue weighted by Crippen LogP contribution is -2.34. The third-order valence-corrected chi connectivity index (χ3v) is 5.58. The Morgan fingerprint density at radius 2 is 1.94 bits per heavy atom. The van der Waals surface area contributed by atoms with Crippen LogP contribution in [-0.4, -0.2) is 7.11 Å². The van der Waals surface area contributed by atoms with E-state index in [4.69, 9.17) is 4.74 Å². The molecule has 0 saturated heterocycles. The molecule has 2 saturated carbocycles. The first kappa shape index (κ1) is 10.1. The number of benzene rings is 1. The summed E-state index contributed by atoms with van der Waals surface area (Å²) in [5.41, 5.74) is 3.02. The second-order valence-electron chi connectivity index (χ2n) is 6.13. The highest BCUT2D eigenvalue weighted by molar-refractivity contribution is 5.34. The molecule has 4 rings (SSSR count). The van der Waals surface area contributed by atoms with Crippen LogP contribution < -0.4 is 0 Å². The fourth-order valence-corrected chi connectivity index (χ4v) is 4.97. The van der Waals surface area contributed by atoms with Crippen LogP contribution in [0.15, 0.2) is 24.3 Å². The first-order valence-electron chi connectivity index (χ1n) is 6.99. The van der Waals surface area contributed by atoms with E-state index in [0.717, 1.165) is 23.7 Å². The molecular weight excluding hydrogens is 208 g/mol. The van der Waals surface area contributed by atoms with E-state index in [0.29, 0.717) is 6.10 Å². The van der Waals surface area contributed by atoms with E-state index < -0.39 is 0 Å². The Labute approximate surface area is 103 Å². The van der Waals surface area contributed by atoms with Gasteiger partial charge in [-0.05, 0) is 60.5 Å². The van der Waals surface area contributed by atoms with Gasteiger partial charge in [-0.2, -0.15) is 0 Å². The van der Waals surface area contributed by atoms with Crippen molar-refractivity contribution in [2.75, 3.05) is 7.11 Å². The normalized spacial score (nSPS) is 42.3. The third kappa shape index (κ3) is 1.29. The molecule has 1 heteroatoms. The van der Waals surface area contributed by atoms with Crippen molar-refractivity contribution in [3.8, 4) is 0 Å². The summed E-state index contributed by atoms with van der Waals surface area (Å²) in [6.45, 7) is 0. The predicted molar refractivity (Wildman–Crippen MR) is 67.7 cm³/mol. The molecule has 2 bridgehead atoms. The van der Waals surface area contributed by atoms with E-state index in [1.165, 1.54) is 31.2 Å². The van der Waals surface area contributed by atoms with Crippen molar-refractivity contribution in [1.82, 2.24) is 0 Å². The van der Waals surface area contributed by atoms with Gasteiger partial charge in [0.1, 0.15) is 0 Å². The van der Waals surface area contributed by atoms with E-state index in [-0.39, 0.29) is 0 Å². The summed E-state index contributed by atoms with van der Waals surface area (Å²) in [5, 5.41) is 0. The molecule has 2 fully saturated rings. The molecule has 0 aliphatic heterocycles. The second kappa shape index (κ2) is 3.58. The monoisotopic (exact) mass is 228 g/mol. The second-order valence-corrected chi connectivity index (χ2v) is 6.13. The van der Waals surface area contributed by atoms with Gasteiger partial charge in [0.05, 0.1) is 6.10 Å². The maximum atomic E-state index is 5.88. The standard InChI is InChI=1S/C16H20O/c1-17-16-13-5-3-2-4-10(13)9-14-11-6-7-12(8-11)15(14)16/h2-5,11-12,14-16H,6-9H2,1H3/t11-,12+,14+,15-,16-/m0/s1. The minimum absolute atomic E-state index is 0.375. The van der Waals surface area contributed by atoms with Crippen LogP contribution in [-0.2, 0) is 11.2 Å². The van der Waals surface area contributed by atoms with Crippen LogP contribution in [0.1, 0.15) is 36.5 Å². The van der Waals surface area contributed by atoms with Gasteiger partial charge in [0.25, 0.3) is 0 Å². The van der Waals surface area contributed by atoms with E-state index >= 15 is 0 Å². The highest BCUT2D eigenvalue weighted by Gasteiger charge is 2.52. The van der Waals surface area contributed by atoms with Gasteiger partial charge in [0.2, 0.25) is 0 Å². The predicted octanol–water partition coefficient (Wildman–Crippen LogP) is 3.59. The lowest BCUT2D eigenvalue weighted by molar-refractivity contribution is -0.00810. The number of hydrogen-bond donors (Lipinski definition) is 0. The molecule has 5 atom stereocenters. The summed E-state index contributed by atoms with van der Waals surface area (Å²) >= 11 is 0. The lowest BCUT2D eigenvalue weighted by atomic mass is 9.67. The summed E-state index contributed by atoms with van der Waals surface area (Å²) < 4.78 is 5.88. The molecule has 3 aliphatic carbocycles. The summed E-state index contributed by atoms with van der Waals surface area (Å²) in [5.74, 6) is 3.67. The number of fused-ring (bicyclic) bond motifs is 6. The molecule has 90 valence electrons. The van der Waals surface area contributed by atoms with Crippen LogP contribution in [0.25, 0.3) is 0 Å². The molecule has 3 aliphatic rings. The van der Waals surface area contributed by atoms with E-state index in [9.17, 15) is 0 Å². The van der Waals surface area contributed by atoms with Crippen LogP contribution in [0, 0.1) is 23.7 Å². The molecular formula is C16H20O. The Morgan fingerprint density at radius 3 is 2.82 bits per heavy atom. The number of hydrogen-bond acceptors (Lipinski definition) is 1. The fraction of sp³-hybridized carbons (Fsp3) is 0.625. The summed E-state index contributed by atoms with van der Waals surface area (Å²) in [6.07, 6.45) is 6.09. The zero-order valence-corrected chi connectivity index (χ0v) is 10.4. The first-order valence-corrected chi connectivity index (χ1v) is 6.99. The quantitative estimate of drug-likeness (QED) is 0.713. The Balaban J connectivity index is 1.80. The maximum absolute atomic E-state index is 5.88. The average Bonchev–Trinajstić information content (AvgIpc) is 2.97. The van der Waals surface area contributed by atoms with Crippen LogP contribution in [0.4, 0.5) is 0 Å². The molecule has 0 aromatic heterocycles. The van der Waals surface area contributed by atoms with Crippen LogP contribution >= 0.6 is 0 Å². The Morgan fingerprint density at radius 1 is 1.12 bits per heavy atom.